The number of benzene rings is 3. The van der Waals surface area contributed by atoms with E-state index >= 15 is 0 Å². The number of rotatable bonds is 9. The van der Waals surface area contributed by atoms with Crippen molar-refractivity contribution in [2.45, 2.75) is 32.9 Å². The maximum atomic E-state index is 12.8. The molecule has 3 aromatic carbocycles. The third-order valence-corrected chi connectivity index (χ3v) is 5.42. The number of anilines is 1. The van der Waals surface area contributed by atoms with Gasteiger partial charge in [0.15, 0.2) is 6.10 Å². The molecule has 0 aliphatic heterocycles. The first-order chi connectivity index (χ1) is 16.7. The Morgan fingerprint density at radius 1 is 0.800 bits per heavy atom. The summed E-state index contributed by atoms with van der Waals surface area (Å²) in [6.07, 6.45) is -1.08. The van der Waals surface area contributed by atoms with Crippen LogP contribution in [0.15, 0.2) is 78.9 Å². The molecule has 0 radical (unpaired) electrons. The van der Waals surface area contributed by atoms with Crippen molar-refractivity contribution < 1.29 is 23.9 Å². The average molecular weight is 495 g/mol. The number of carbonyl (C=O) groups is 3. The number of carbonyl (C=O) groups excluding carboxylic acids is 3. The molecule has 0 aromatic heterocycles. The molecule has 0 fully saturated rings. The number of ether oxygens (including phenoxy) is 2. The fourth-order valence-corrected chi connectivity index (χ4v) is 3.36. The SMILES string of the molecule is CC(OC(=O)[C@@H](NC(=O)c1ccccc1Cl)C(C)C)C(=O)Nc1ccc(Oc2ccccc2)cc1. The van der Waals surface area contributed by atoms with Gasteiger partial charge in [-0.2, -0.15) is 0 Å². The summed E-state index contributed by atoms with van der Waals surface area (Å²) in [5, 5.41) is 5.63. The summed E-state index contributed by atoms with van der Waals surface area (Å²) in [6, 6.07) is 21.7. The van der Waals surface area contributed by atoms with Gasteiger partial charge in [0.05, 0.1) is 10.6 Å². The molecule has 0 saturated carbocycles. The predicted molar refractivity (Wildman–Crippen MR) is 135 cm³/mol. The molecule has 3 rings (SSSR count). The van der Waals surface area contributed by atoms with Crippen LogP contribution in [0.25, 0.3) is 0 Å². The highest BCUT2D eigenvalue weighted by Crippen LogP contribution is 2.23. The van der Waals surface area contributed by atoms with Crippen LogP contribution in [0, 0.1) is 5.92 Å². The fourth-order valence-electron chi connectivity index (χ4n) is 3.14. The van der Waals surface area contributed by atoms with Gasteiger partial charge < -0.3 is 20.1 Å². The maximum absolute atomic E-state index is 12.8. The topological polar surface area (TPSA) is 93.7 Å². The van der Waals surface area contributed by atoms with Crippen LogP contribution in [0.4, 0.5) is 5.69 Å². The lowest BCUT2D eigenvalue weighted by Gasteiger charge is -2.23. The monoisotopic (exact) mass is 494 g/mol. The number of hydrogen-bond acceptors (Lipinski definition) is 5. The molecule has 0 aliphatic carbocycles. The molecule has 1 unspecified atom stereocenters. The first-order valence-corrected chi connectivity index (χ1v) is 11.5. The number of para-hydroxylation sites is 1. The van der Waals surface area contributed by atoms with Crippen molar-refractivity contribution in [2.24, 2.45) is 5.92 Å². The molecular weight excluding hydrogens is 468 g/mol. The van der Waals surface area contributed by atoms with E-state index in [9.17, 15) is 14.4 Å². The van der Waals surface area contributed by atoms with Gasteiger partial charge in [-0.25, -0.2) is 4.79 Å². The van der Waals surface area contributed by atoms with Crippen molar-refractivity contribution >= 4 is 35.1 Å². The van der Waals surface area contributed by atoms with E-state index in [1.54, 1.807) is 62.4 Å². The van der Waals surface area contributed by atoms with Gasteiger partial charge in [-0.3, -0.25) is 9.59 Å². The van der Waals surface area contributed by atoms with E-state index in [0.29, 0.717) is 17.2 Å². The predicted octanol–water partition coefficient (Wildman–Crippen LogP) is 5.46. The Labute approximate surface area is 209 Å². The van der Waals surface area contributed by atoms with Crippen LogP contribution in [0.1, 0.15) is 31.1 Å². The second-order valence-electron chi connectivity index (χ2n) is 8.18. The minimum atomic E-state index is -1.08. The first kappa shape index (κ1) is 25.8. The van der Waals surface area contributed by atoms with Crippen LogP contribution in [0.5, 0.6) is 11.5 Å². The van der Waals surface area contributed by atoms with E-state index in [2.05, 4.69) is 10.6 Å². The van der Waals surface area contributed by atoms with E-state index in [4.69, 9.17) is 21.1 Å². The van der Waals surface area contributed by atoms with Crippen molar-refractivity contribution in [1.29, 1.82) is 0 Å². The number of nitrogens with one attached hydrogen (secondary N) is 2. The molecule has 182 valence electrons. The Morgan fingerprint density at radius 3 is 2.03 bits per heavy atom. The molecule has 2 amide bonds. The summed E-state index contributed by atoms with van der Waals surface area (Å²) in [7, 11) is 0. The standard InChI is InChI=1S/C27H27ClN2O5/c1-17(2)24(30-26(32)22-11-7-8-12-23(22)28)27(33)34-18(3)25(31)29-19-13-15-21(16-14-19)35-20-9-5-4-6-10-20/h4-18,24H,1-3H3,(H,29,31)(H,30,32)/t18?,24-/m0/s1. The van der Waals surface area contributed by atoms with Crippen molar-refractivity contribution in [3.63, 3.8) is 0 Å². The third kappa shape index (κ3) is 7.32. The summed E-state index contributed by atoms with van der Waals surface area (Å²) in [5.41, 5.74) is 0.767. The highest BCUT2D eigenvalue weighted by atomic mass is 35.5. The molecule has 0 aliphatic rings. The lowest BCUT2D eigenvalue weighted by atomic mass is 10.0. The Morgan fingerprint density at radius 2 is 1.40 bits per heavy atom. The van der Waals surface area contributed by atoms with E-state index in [1.165, 1.54) is 6.92 Å². The number of esters is 1. The average Bonchev–Trinajstić information content (AvgIpc) is 2.84. The Kier molecular flexibility index (Phi) is 8.86. The molecule has 0 spiro atoms. The quantitative estimate of drug-likeness (QED) is 0.385. The highest BCUT2D eigenvalue weighted by molar-refractivity contribution is 6.33. The summed E-state index contributed by atoms with van der Waals surface area (Å²) < 4.78 is 11.1. The van der Waals surface area contributed by atoms with Crippen molar-refractivity contribution in [3.8, 4) is 11.5 Å². The van der Waals surface area contributed by atoms with E-state index in [1.807, 2.05) is 30.3 Å². The lowest BCUT2D eigenvalue weighted by Crippen LogP contribution is -2.47. The van der Waals surface area contributed by atoms with Gasteiger partial charge in [0, 0.05) is 5.69 Å². The van der Waals surface area contributed by atoms with Gasteiger partial charge in [-0.05, 0) is 61.4 Å². The van der Waals surface area contributed by atoms with Crippen LogP contribution in [-0.4, -0.2) is 29.9 Å². The van der Waals surface area contributed by atoms with Gasteiger partial charge >= 0.3 is 5.97 Å². The van der Waals surface area contributed by atoms with Crippen molar-refractivity contribution in [2.75, 3.05) is 5.32 Å². The zero-order chi connectivity index (χ0) is 25.4. The Bertz CT molecular complexity index is 1170. The highest BCUT2D eigenvalue weighted by Gasteiger charge is 2.29. The second-order valence-corrected chi connectivity index (χ2v) is 8.59. The molecule has 2 N–H and O–H groups in total. The van der Waals surface area contributed by atoms with Gasteiger partial charge in [0.25, 0.3) is 11.8 Å². The van der Waals surface area contributed by atoms with Crippen LogP contribution < -0.4 is 15.4 Å². The minimum absolute atomic E-state index is 0.248. The Balaban J connectivity index is 1.56. The molecule has 0 saturated heterocycles. The smallest absolute Gasteiger partial charge is 0.329 e. The summed E-state index contributed by atoms with van der Waals surface area (Å²) in [5.74, 6) is -0.680. The number of amides is 2. The van der Waals surface area contributed by atoms with E-state index in [0.717, 1.165) is 0 Å². The number of halogens is 1. The van der Waals surface area contributed by atoms with Crippen LogP contribution in [0.2, 0.25) is 5.02 Å². The van der Waals surface area contributed by atoms with E-state index in [-0.39, 0.29) is 16.5 Å². The lowest BCUT2D eigenvalue weighted by molar-refractivity contribution is -0.156. The molecule has 2 atom stereocenters. The second kappa shape index (κ2) is 12.0. The van der Waals surface area contributed by atoms with E-state index < -0.39 is 29.9 Å². The van der Waals surface area contributed by atoms with Crippen molar-refractivity contribution in [1.82, 2.24) is 5.32 Å². The summed E-state index contributed by atoms with van der Waals surface area (Å²) >= 11 is 6.08. The fraction of sp³-hybridized carbons (Fsp3) is 0.222. The largest absolute Gasteiger partial charge is 0.457 e. The van der Waals surface area contributed by atoms with Crippen LogP contribution >= 0.6 is 11.6 Å². The number of hydrogen-bond donors (Lipinski definition) is 2. The minimum Gasteiger partial charge on any atom is -0.457 e. The summed E-state index contributed by atoms with van der Waals surface area (Å²) in [6.45, 7) is 5.00. The molecule has 0 heterocycles. The van der Waals surface area contributed by atoms with Gasteiger partial charge in [-0.15, -0.1) is 0 Å². The van der Waals surface area contributed by atoms with Gasteiger partial charge in [0.1, 0.15) is 17.5 Å². The molecule has 35 heavy (non-hydrogen) atoms. The molecule has 7 nitrogen and oxygen atoms in total. The zero-order valence-corrected chi connectivity index (χ0v) is 20.4. The molecule has 3 aromatic rings. The first-order valence-electron chi connectivity index (χ1n) is 11.1. The van der Waals surface area contributed by atoms with Crippen molar-refractivity contribution in [3.05, 3.63) is 89.4 Å². The summed E-state index contributed by atoms with van der Waals surface area (Å²) in [4.78, 5) is 37.9. The zero-order valence-electron chi connectivity index (χ0n) is 19.7. The molecule has 0 bridgehead atoms. The van der Waals surface area contributed by atoms with Crippen LogP contribution in [-0.2, 0) is 14.3 Å². The molecular formula is C27H27ClN2O5. The molecule has 8 heteroatoms. The maximum Gasteiger partial charge on any atom is 0.329 e. The Hall–Kier alpha value is -3.84. The van der Waals surface area contributed by atoms with Gasteiger partial charge in [0.2, 0.25) is 0 Å². The van der Waals surface area contributed by atoms with Crippen LogP contribution in [0.3, 0.4) is 0 Å². The normalized spacial score (nSPS) is 12.4. The third-order valence-electron chi connectivity index (χ3n) is 5.09. The van der Waals surface area contributed by atoms with Gasteiger partial charge in [-0.1, -0.05) is 55.8 Å².